The summed E-state index contributed by atoms with van der Waals surface area (Å²) in [5.41, 5.74) is 1.52. The summed E-state index contributed by atoms with van der Waals surface area (Å²) in [4.78, 5) is 0. The maximum atomic E-state index is 3.65. The smallest absolute Gasteiger partial charge is 0.0213 e. The number of rotatable bonds is 5. The molecule has 1 aromatic rings. The van der Waals surface area contributed by atoms with E-state index in [9.17, 15) is 0 Å². The highest BCUT2D eigenvalue weighted by Crippen LogP contribution is 2.29. The van der Waals surface area contributed by atoms with Crippen LogP contribution in [-0.2, 0) is 5.41 Å². The zero-order valence-electron chi connectivity index (χ0n) is 11.3. The van der Waals surface area contributed by atoms with Crippen molar-refractivity contribution in [3.05, 3.63) is 34.3 Å². The Morgan fingerprint density at radius 1 is 1.39 bits per heavy atom. The predicted octanol–water partition coefficient (Wildman–Crippen LogP) is 3.07. The first-order valence-corrected chi connectivity index (χ1v) is 7.58. The molecule has 1 aliphatic rings. The molecule has 0 spiro atoms. The molecule has 1 aliphatic heterocycles. The first kappa shape index (κ1) is 14.0. The summed E-state index contributed by atoms with van der Waals surface area (Å²) in [6, 6.07) is 9.18. The van der Waals surface area contributed by atoms with Gasteiger partial charge in [-0.3, -0.25) is 0 Å². The molecule has 1 heterocycles. The second-order valence-corrected chi connectivity index (χ2v) is 6.64. The van der Waals surface area contributed by atoms with Crippen molar-refractivity contribution in [2.24, 2.45) is 0 Å². The molecule has 100 valence electrons. The summed E-state index contributed by atoms with van der Waals surface area (Å²) in [6.45, 7) is 7.85. The van der Waals surface area contributed by atoms with Crippen LogP contribution in [0.3, 0.4) is 0 Å². The van der Waals surface area contributed by atoms with E-state index in [0.717, 1.165) is 13.1 Å². The molecule has 0 radical (unpaired) electrons. The van der Waals surface area contributed by atoms with Gasteiger partial charge in [0, 0.05) is 29.0 Å². The van der Waals surface area contributed by atoms with Crippen LogP contribution in [-0.4, -0.2) is 25.7 Å². The summed E-state index contributed by atoms with van der Waals surface area (Å²) in [5, 5.41) is 7.13. The van der Waals surface area contributed by atoms with Crippen LogP contribution in [0.4, 0.5) is 0 Å². The Morgan fingerprint density at radius 2 is 2.17 bits per heavy atom. The van der Waals surface area contributed by atoms with Crippen molar-refractivity contribution in [1.29, 1.82) is 0 Å². The summed E-state index contributed by atoms with van der Waals surface area (Å²) in [5.74, 6) is 0. The number of hydrogen-bond donors (Lipinski definition) is 2. The average Bonchev–Trinajstić information content (AvgIpc) is 2.82. The van der Waals surface area contributed by atoms with E-state index in [1.54, 1.807) is 0 Å². The van der Waals surface area contributed by atoms with Crippen molar-refractivity contribution < 1.29 is 0 Å². The van der Waals surface area contributed by atoms with Crippen molar-refractivity contribution in [1.82, 2.24) is 10.6 Å². The van der Waals surface area contributed by atoms with Crippen molar-refractivity contribution in [2.45, 2.75) is 38.1 Å². The Hall–Kier alpha value is -0.380. The molecule has 1 fully saturated rings. The average molecular weight is 311 g/mol. The van der Waals surface area contributed by atoms with Gasteiger partial charge in [0.2, 0.25) is 0 Å². The molecular weight excluding hydrogens is 288 g/mol. The van der Waals surface area contributed by atoms with Crippen LogP contribution in [0.1, 0.15) is 32.3 Å². The van der Waals surface area contributed by atoms with Crippen LogP contribution in [0.2, 0.25) is 0 Å². The molecule has 18 heavy (non-hydrogen) atoms. The molecular formula is C15H23BrN2. The van der Waals surface area contributed by atoms with E-state index in [4.69, 9.17) is 0 Å². The molecule has 0 bridgehead atoms. The molecule has 0 saturated carbocycles. The fraction of sp³-hybridized carbons (Fsp3) is 0.600. The van der Waals surface area contributed by atoms with Crippen molar-refractivity contribution in [3.63, 3.8) is 0 Å². The van der Waals surface area contributed by atoms with E-state index in [-0.39, 0.29) is 5.41 Å². The molecule has 0 aliphatic carbocycles. The molecule has 1 unspecified atom stereocenters. The lowest BCUT2D eigenvalue weighted by Crippen LogP contribution is -2.40. The third kappa shape index (κ3) is 3.56. The van der Waals surface area contributed by atoms with E-state index < -0.39 is 0 Å². The lowest BCUT2D eigenvalue weighted by atomic mass is 9.84. The fourth-order valence-electron chi connectivity index (χ4n) is 2.60. The van der Waals surface area contributed by atoms with Crippen molar-refractivity contribution >= 4 is 15.9 Å². The number of nitrogens with one attached hydrogen (secondary N) is 2. The zero-order valence-corrected chi connectivity index (χ0v) is 12.9. The highest BCUT2D eigenvalue weighted by molar-refractivity contribution is 9.10. The lowest BCUT2D eigenvalue weighted by Gasteiger charge is -2.27. The summed E-state index contributed by atoms with van der Waals surface area (Å²) in [7, 11) is 0. The van der Waals surface area contributed by atoms with Gasteiger partial charge in [-0.1, -0.05) is 48.0 Å². The van der Waals surface area contributed by atoms with Crippen LogP contribution in [0.25, 0.3) is 0 Å². The van der Waals surface area contributed by atoms with E-state index in [0.29, 0.717) is 6.04 Å². The second kappa shape index (κ2) is 6.18. The molecule has 2 nitrogen and oxygen atoms in total. The molecule has 0 aromatic heterocycles. The Morgan fingerprint density at radius 3 is 2.83 bits per heavy atom. The second-order valence-electron chi connectivity index (χ2n) is 5.79. The monoisotopic (exact) mass is 310 g/mol. The summed E-state index contributed by atoms with van der Waals surface area (Å²) >= 11 is 3.65. The predicted molar refractivity (Wildman–Crippen MR) is 81.1 cm³/mol. The van der Waals surface area contributed by atoms with Crippen molar-refractivity contribution in [3.8, 4) is 0 Å². The Bertz CT molecular complexity index is 384. The SMILES string of the molecule is CC(C)(CNCC1CCCN1)c1ccccc1Br. The summed E-state index contributed by atoms with van der Waals surface area (Å²) < 4.78 is 1.20. The lowest BCUT2D eigenvalue weighted by molar-refractivity contribution is 0.441. The zero-order chi connectivity index (χ0) is 13.0. The van der Waals surface area contributed by atoms with Crippen LogP contribution in [0.5, 0.6) is 0 Å². The molecule has 1 aromatic carbocycles. The van der Waals surface area contributed by atoms with Crippen LogP contribution in [0.15, 0.2) is 28.7 Å². The highest BCUT2D eigenvalue weighted by atomic mass is 79.9. The number of hydrogen-bond acceptors (Lipinski definition) is 2. The number of halogens is 1. The maximum Gasteiger partial charge on any atom is 0.0213 e. The van der Waals surface area contributed by atoms with E-state index in [2.05, 4.69) is 64.7 Å². The molecule has 1 saturated heterocycles. The van der Waals surface area contributed by atoms with Crippen LogP contribution >= 0.6 is 15.9 Å². The summed E-state index contributed by atoms with van der Waals surface area (Å²) in [6.07, 6.45) is 2.63. The van der Waals surface area contributed by atoms with Gasteiger partial charge >= 0.3 is 0 Å². The Labute approximate surface area is 119 Å². The van der Waals surface area contributed by atoms with E-state index >= 15 is 0 Å². The highest BCUT2D eigenvalue weighted by Gasteiger charge is 2.23. The van der Waals surface area contributed by atoms with Gasteiger partial charge in [-0.05, 0) is 31.0 Å². The molecule has 3 heteroatoms. The molecule has 2 rings (SSSR count). The largest absolute Gasteiger partial charge is 0.314 e. The molecule has 1 atom stereocenters. The van der Waals surface area contributed by atoms with Crippen LogP contribution < -0.4 is 10.6 Å². The number of benzene rings is 1. The van der Waals surface area contributed by atoms with E-state index in [1.165, 1.54) is 29.4 Å². The van der Waals surface area contributed by atoms with Gasteiger partial charge in [0.05, 0.1) is 0 Å². The van der Waals surface area contributed by atoms with E-state index in [1.807, 2.05) is 0 Å². The van der Waals surface area contributed by atoms with Gasteiger partial charge < -0.3 is 10.6 Å². The van der Waals surface area contributed by atoms with Gasteiger partial charge in [0.15, 0.2) is 0 Å². The van der Waals surface area contributed by atoms with Gasteiger partial charge in [0.25, 0.3) is 0 Å². The normalized spacial score (nSPS) is 20.3. The van der Waals surface area contributed by atoms with Crippen molar-refractivity contribution in [2.75, 3.05) is 19.6 Å². The van der Waals surface area contributed by atoms with Gasteiger partial charge in [-0.25, -0.2) is 0 Å². The quantitative estimate of drug-likeness (QED) is 0.873. The molecule has 0 amide bonds. The third-order valence-corrected chi connectivity index (χ3v) is 4.41. The van der Waals surface area contributed by atoms with Gasteiger partial charge in [-0.15, -0.1) is 0 Å². The standard InChI is InChI=1S/C15H23BrN2/c1-15(2,13-7-3-4-8-14(13)16)11-17-10-12-6-5-9-18-12/h3-4,7-8,12,17-18H,5-6,9-11H2,1-2H3. The minimum absolute atomic E-state index is 0.151. The topological polar surface area (TPSA) is 24.1 Å². The maximum absolute atomic E-state index is 3.65. The Balaban J connectivity index is 1.88. The van der Waals surface area contributed by atoms with Crippen LogP contribution in [0, 0.1) is 0 Å². The first-order chi connectivity index (χ1) is 8.59. The molecule has 2 N–H and O–H groups in total. The minimum atomic E-state index is 0.151. The third-order valence-electron chi connectivity index (χ3n) is 3.72. The first-order valence-electron chi connectivity index (χ1n) is 6.79. The fourth-order valence-corrected chi connectivity index (χ4v) is 3.42. The van der Waals surface area contributed by atoms with Gasteiger partial charge in [-0.2, -0.15) is 0 Å². The minimum Gasteiger partial charge on any atom is -0.314 e. The van der Waals surface area contributed by atoms with Gasteiger partial charge in [0.1, 0.15) is 0 Å². The Kier molecular flexibility index (Phi) is 4.82.